The minimum Gasteiger partial charge on any atom is -0.503 e. The number of carbonyl (C=O) groups is 1. The molecule has 244 valence electrons. The molecule has 3 aliphatic heterocycles. The first-order valence-electron chi connectivity index (χ1n) is 16.2. The number of nitrogens with one attached hydrogen (secondary N) is 2. The van der Waals surface area contributed by atoms with E-state index in [1.54, 1.807) is 0 Å². The molecular formula is C39H37BF2N2O4. The summed E-state index contributed by atoms with van der Waals surface area (Å²) in [5, 5.41) is 0. The van der Waals surface area contributed by atoms with E-state index in [4.69, 9.17) is 14.1 Å². The summed E-state index contributed by atoms with van der Waals surface area (Å²) in [6.07, 6.45) is 7.23. The van der Waals surface area contributed by atoms with Crippen molar-refractivity contribution in [3.8, 4) is 35.2 Å². The molecule has 0 fully saturated rings. The van der Waals surface area contributed by atoms with Gasteiger partial charge in [0.2, 0.25) is 5.78 Å². The van der Waals surface area contributed by atoms with Gasteiger partial charge in [-0.25, -0.2) is 8.63 Å². The lowest BCUT2D eigenvalue weighted by molar-refractivity contribution is 0.104. The number of hydrogen-bond donors (Lipinski definition) is 2. The highest BCUT2D eigenvalue weighted by molar-refractivity contribution is 6.36. The van der Waals surface area contributed by atoms with E-state index in [0.717, 1.165) is 39.5 Å². The molecule has 0 saturated heterocycles. The van der Waals surface area contributed by atoms with Crippen LogP contribution in [-0.4, -0.2) is 36.4 Å². The van der Waals surface area contributed by atoms with Gasteiger partial charge in [-0.1, -0.05) is 39.5 Å². The molecule has 2 aromatic carbocycles. The molecule has 9 heteroatoms. The summed E-state index contributed by atoms with van der Waals surface area (Å²) < 4.78 is 44.3. The van der Waals surface area contributed by atoms with Crippen LogP contribution in [0.2, 0.25) is 0 Å². The molecule has 48 heavy (non-hydrogen) atoms. The number of rotatable bonds is 6. The SMILES string of the molecule is CCc1c2[nH]c(c1CC)C(=O)C=C(OB(F)F)c1[nH]c(c(CC)c1CC)C#Cc1ccc(cc1)OC/C=C\COc1ccc(cc1)C#C2. The van der Waals surface area contributed by atoms with Gasteiger partial charge in [-0.2, -0.15) is 0 Å². The Balaban J connectivity index is 1.63. The monoisotopic (exact) mass is 646 g/mol. The van der Waals surface area contributed by atoms with Crippen LogP contribution in [0.1, 0.15) is 88.6 Å². The first kappa shape index (κ1) is 33.9. The number of halogens is 2. The van der Waals surface area contributed by atoms with Crippen LogP contribution >= 0.6 is 0 Å². The largest absolute Gasteiger partial charge is 0.796 e. The maximum absolute atomic E-state index is 13.8. The summed E-state index contributed by atoms with van der Waals surface area (Å²) in [7, 11) is -3.14. The molecule has 0 saturated carbocycles. The quantitative estimate of drug-likeness (QED) is 0.127. The number of ketones is 1. The van der Waals surface area contributed by atoms with Crippen molar-refractivity contribution >= 4 is 19.0 Å². The number of carbonyl (C=O) groups excluding carboxylic acids is 1. The van der Waals surface area contributed by atoms with E-state index in [-0.39, 0.29) is 5.76 Å². The van der Waals surface area contributed by atoms with Crippen molar-refractivity contribution in [1.82, 2.24) is 9.97 Å². The van der Waals surface area contributed by atoms with Gasteiger partial charge in [-0.3, -0.25) is 4.79 Å². The topological polar surface area (TPSA) is 76.3 Å². The predicted molar refractivity (Wildman–Crippen MR) is 185 cm³/mol. The van der Waals surface area contributed by atoms with Gasteiger partial charge in [0.1, 0.15) is 30.5 Å². The second-order valence-corrected chi connectivity index (χ2v) is 11.0. The van der Waals surface area contributed by atoms with E-state index in [1.165, 1.54) is 0 Å². The molecule has 0 atom stereocenters. The van der Waals surface area contributed by atoms with E-state index in [2.05, 4.69) is 33.6 Å². The number of allylic oxidation sites excluding steroid dienone is 1. The minimum absolute atomic E-state index is 0.243. The summed E-state index contributed by atoms with van der Waals surface area (Å²) in [4.78, 5) is 20.3. The van der Waals surface area contributed by atoms with Crippen molar-refractivity contribution in [2.45, 2.75) is 53.4 Å². The molecule has 3 aliphatic rings. The van der Waals surface area contributed by atoms with Gasteiger partial charge < -0.3 is 24.1 Å². The molecule has 0 spiro atoms. The zero-order valence-corrected chi connectivity index (χ0v) is 27.6. The highest BCUT2D eigenvalue weighted by atomic mass is 19.2. The number of H-pyrrole nitrogens is 2. The number of aromatic nitrogens is 2. The van der Waals surface area contributed by atoms with Gasteiger partial charge in [-0.15, -0.1) is 0 Å². The molecule has 8 bridgehead atoms. The zero-order valence-electron chi connectivity index (χ0n) is 27.6. The van der Waals surface area contributed by atoms with Gasteiger partial charge in [0, 0.05) is 17.2 Å². The van der Waals surface area contributed by atoms with Gasteiger partial charge >= 0.3 is 7.47 Å². The number of benzene rings is 2. The molecule has 0 unspecified atom stereocenters. The molecule has 7 rings (SSSR count). The Labute approximate surface area is 280 Å². The highest BCUT2D eigenvalue weighted by Gasteiger charge is 2.27. The lowest BCUT2D eigenvalue weighted by Crippen LogP contribution is -2.09. The molecule has 5 heterocycles. The van der Waals surface area contributed by atoms with Crippen molar-refractivity contribution in [2.24, 2.45) is 0 Å². The summed E-state index contributed by atoms with van der Waals surface area (Å²) >= 11 is 0. The third-order valence-electron chi connectivity index (χ3n) is 8.05. The van der Waals surface area contributed by atoms with E-state index in [0.29, 0.717) is 73.2 Å². The standard InChI is InChI=1S/C39H37BF2N2O4/c1-5-30-32(7-3)38-36(45)25-37(48-40(41)42)39-33(8-4)31(6-2)35(44-39)22-16-27-13-19-29(20-14-27)47-24-10-9-23-46-28-17-11-26(12-18-28)15-21-34(30)43-38/h9-14,17-20,25,43-44H,5-8,23-24H2,1-4H3/b10-9-,37-25?. The average molecular weight is 647 g/mol. The predicted octanol–water partition coefficient (Wildman–Crippen LogP) is 7.88. The fraction of sp³-hybridized carbons (Fsp3) is 0.256. The average Bonchev–Trinajstić information content (AvgIpc) is 3.65. The number of hydrogen-bond acceptors (Lipinski definition) is 4. The summed E-state index contributed by atoms with van der Waals surface area (Å²) in [6.45, 7) is 8.62. The van der Waals surface area contributed by atoms with Crippen molar-refractivity contribution in [3.05, 3.63) is 123 Å². The first-order valence-corrected chi connectivity index (χ1v) is 16.2. The Morgan fingerprint density at radius 1 is 0.667 bits per heavy atom. The van der Waals surface area contributed by atoms with Crippen LogP contribution in [0.4, 0.5) is 8.63 Å². The molecule has 4 aromatic rings. The highest BCUT2D eigenvalue weighted by Crippen LogP contribution is 2.29. The molecule has 2 aromatic heterocycles. The fourth-order valence-corrected chi connectivity index (χ4v) is 5.77. The van der Waals surface area contributed by atoms with E-state index >= 15 is 0 Å². The second kappa shape index (κ2) is 15.9. The third kappa shape index (κ3) is 7.93. The van der Waals surface area contributed by atoms with Crippen molar-refractivity contribution in [2.75, 3.05) is 13.2 Å². The molecule has 0 amide bonds. The van der Waals surface area contributed by atoms with Gasteiger partial charge in [-0.05, 0) is 120 Å². The maximum atomic E-state index is 13.8. The lowest BCUT2D eigenvalue weighted by Gasteiger charge is -2.10. The zero-order chi connectivity index (χ0) is 34.0. The molecule has 6 nitrogen and oxygen atoms in total. The molecular weight excluding hydrogens is 609 g/mol. The smallest absolute Gasteiger partial charge is 0.503 e. The van der Waals surface area contributed by atoms with E-state index < -0.39 is 13.3 Å². The third-order valence-corrected chi connectivity index (χ3v) is 8.05. The van der Waals surface area contributed by atoms with Crippen molar-refractivity contribution in [3.63, 3.8) is 0 Å². The van der Waals surface area contributed by atoms with Crippen LogP contribution in [-0.2, 0) is 30.3 Å². The Bertz CT molecular complexity index is 1950. The Morgan fingerprint density at radius 2 is 1.10 bits per heavy atom. The molecule has 2 N–H and O–H groups in total. The van der Waals surface area contributed by atoms with Gasteiger partial charge in [0.15, 0.2) is 0 Å². The summed E-state index contributed by atoms with van der Waals surface area (Å²) in [6, 6.07) is 14.8. The van der Waals surface area contributed by atoms with Gasteiger partial charge in [0.05, 0.1) is 22.8 Å². The van der Waals surface area contributed by atoms with E-state index in [9.17, 15) is 13.4 Å². The first-order chi connectivity index (χ1) is 23.3. The Hall–Kier alpha value is -5.41. The van der Waals surface area contributed by atoms with Crippen LogP contribution < -0.4 is 9.47 Å². The fourth-order valence-electron chi connectivity index (χ4n) is 5.77. The van der Waals surface area contributed by atoms with Crippen LogP contribution in [0.25, 0.3) is 5.76 Å². The van der Waals surface area contributed by atoms with E-state index in [1.807, 2.05) is 88.4 Å². The normalized spacial score (nSPS) is 13.6. The molecule has 0 aliphatic carbocycles. The van der Waals surface area contributed by atoms with Crippen LogP contribution in [0.15, 0.2) is 66.8 Å². The van der Waals surface area contributed by atoms with Crippen molar-refractivity contribution in [1.29, 1.82) is 0 Å². The lowest BCUT2D eigenvalue weighted by atomic mass is 10.00. The van der Waals surface area contributed by atoms with Crippen LogP contribution in [0.5, 0.6) is 11.5 Å². The molecule has 0 radical (unpaired) electrons. The minimum atomic E-state index is -3.14. The van der Waals surface area contributed by atoms with Crippen LogP contribution in [0.3, 0.4) is 0 Å². The number of fused-ring (bicyclic) bond motifs is 2. The maximum Gasteiger partial charge on any atom is 0.796 e. The van der Waals surface area contributed by atoms with Crippen LogP contribution in [0, 0.1) is 23.7 Å². The number of ether oxygens (including phenoxy) is 2. The Kier molecular flexibility index (Phi) is 11.3. The van der Waals surface area contributed by atoms with Gasteiger partial charge in [0.25, 0.3) is 0 Å². The second-order valence-electron chi connectivity index (χ2n) is 11.0. The number of aromatic amines is 2. The summed E-state index contributed by atoms with van der Waals surface area (Å²) in [5.41, 5.74) is 6.70. The Morgan fingerprint density at radius 3 is 1.54 bits per heavy atom. The van der Waals surface area contributed by atoms with Crippen molar-refractivity contribution < 1.29 is 27.6 Å². The summed E-state index contributed by atoms with van der Waals surface area (Å²) in [5.74, 6) is 13.3.